The molecule has 11 heteroatoms. The van der Waals surface area contributed by atoms with Crippen molar-refractivity contribution in [3.63, 3.8) is 0 Å². The molecule has 204 valence electrons. The van der Waals surface area contributed by atoms with E-state index in [-0.39, 0.29) is 11.6 Å². The van der Waals surface area contributed by atoms with Crippen LogP contribution in [0, 0.1) is 12.7 Å². The highest BCUT2D eigenvalue weighted by Crippen LogP contribution is 2.30. The van der Waals surface area contributed by atoms with Gasteiger partial charge in [0.25, 0.3) is 0 Å². The molecular formula is C29H27FN6O4. The van der Waals surface area contributed by atoms with E-state index in [2.05, 4.69) is 32.2 Å². The second-order valence-corrected chi connectivity index (χ2v) is 9.15. The fourth-order valence-electron chi connectivity index (χ4n) is 4.42. The van der Waals surface area contributed by atoms with Crippen molar-refractivity contribution in [2.75, 3.05) is 17.2 Å². The molecule has 0 unspecified atom stereocenters. The molecule has 5 rings (SSSR count). The zero-order valence-corrected chi connectivity index (χ0v) is 21.8. The van der Waals surface area contributed by atoms with Crippen molar-refractivity contribution in [2.45, 2.75) is 32.6 Å². The highest BCUT2D eigenvalue weighted by Gasteiger charge is 2.30. The summed E-state index contributed by atoms with van der Waals surface area (Å²) in [5, 5.41) is 6.15. The molecule has 2 aromatic carbocycles. The number of nitrogens with one attached hydrogen (secondary N) is 2. The molecule has 0 aliphatic carbocycles. The standard InChI is InChI=1S/C29H27FN6O4/c1-3-26(37)36-12-6-8-27(36)40-29(38)35-24-14-21-23(15-22(24)30)32-17-33-28(21)34-19-9-10-25(18(2)13-19)39-16-20-7-4-5-11-31-20/h3-5,7,9-11,13-15,17,27H,1,6,8,12,16H2,2H3,(H,35,38)(H,32,33,34)/t27-/m0/s1. The molecule has 40 heavy (non-hydrogen) atoms. The molecule has 0 spiro atoms. The van der Waals surface area contributed by atoms with E-state index in [1.807, 2.05) is 43.3 Å². The lowest BCUT2D eigenvalue weighted by Gasteiger charge is -2.23. The molecule has 0 radical (unpaired) electrons. The van der Waals surface area contributed by atoms with Gasteiger partial charge in [-0.25, -0.2) is 19.2 Å². The summed E-state index contributed by atoms with van der Waals surface area (Å²) in [5.41, 5.74) is 2.69. The van der Waals surface area contributed by atoms with E-state index in [9.17, 15) is 14.0 Å². The molecule has 0 bridgehead atoms. The van der Waals surface area contributed by atoms with E-state index in [4.69, 9.17) is 9.47 Å². The Kier molecular flexibility index (Phi) is 7.81. The predicted molar refractivity (Wildman–Crippen MR) is 148 cm³/mol. The average Bonchev–Trinajstić information content (AvgIpc) is 3.41. The van der Waals surface area contributed by atoms with Gasteiger partial charge in [0.15, 0.2) is 6.23 Å². The van der Waals surface area contributed by atoms with Crippen LogP contribution in [-0.2, 0) is 16.1 Å². The van der Waals surface area contributed by atoms with Crippen LogP contribution in [0.3, 0.4) is 0 Å². The number of carbonyl (C=O) groups excluding carboxylic acids is 2. The molecule has 1 aliphatic rings. The van der Waals surface area contributed by atoms with Gasteiger partial charge < -0.3 is 19.7 Å². The van der Waals surface area contributed by atoms with Gasteiger partial charge in [0.1, 0.15) is 30.3 Å². The number of pyridine rings is 1. The van der Waals surface area contributed by atoms with Crippen LogP contribution in [0.5, 0.6) is 5.75 Å². The van der Waals surface area contributed by atoms with Crippen molar-refractivity contribution >= 4 is 40.1 Å². The second kappa shape index (κ2) is 11.8. The summed E-state index contributed by atoms with van der Waals surface area (Å²) in [6.45, 7) is 6.20. The molecule has 0 saturated carbocycles. The van der Waals surface area contributed by atoms with Crippen molar-refractivity contribution in [3.8, 4) is 5.75 Å². The van der Waals surface area contributed by atoms with Gasteiger partial charge in [-0.2, -0.15) is 0 Å². The number of ether oxygens (including phenoxy) is 2. The summed E-state index contributed by atoms with van der Waals surface area (Å²) in [5.74, 6) is 0.112. The van der Waals surface area contributed by atoms with Crippen LogP contribution in [0.1, 0.15) is 24.1 Å². The summed E-state index contributed by atoms with van der Waals surface area (Å²) >= 11 is 0. The number of fused-ring (bicyclic) bond motifs is 1. The van der Waals surface area contributed by atoms with E-state index in [1.165, 1.54) is 29.4 Å². The van der Waals surface area contributed by atoms with E-state index < -0.39 is 18.1 Å². The van der Waals surface area contributed by atoms with Crippen LogP contribution < -0.4 is 15.4 Å². The summed E-state index contributed by atoms with van der Waals surface area (Å²) in [6.07, 6.45) is 3.77. The van der Waals surface area contributed by atoms with Crippen LogP contribution >= 0.6 is 0 Å². The third-order valence-electron chi connectivity index (χ3n) is 6.40. The molecule has 1 saturated heterocycles. The molecule has 3 heterocycles. The molecule has 2 amide bonds. The van der Waals surface area contributed by atoms with Crippen LogP contribution in [0.15, 0.2) is 73.7 Å². The number of likely N-dealkylation sites (tertiary alicyclic amines) is 1. The number of nitrogens with zero attached hydrogens (tertiary/aromatic N) is 4. The number of aryl methyl sites for hydroxylation is 1. The first-order chi connectivity index (χ1) is 19.4. The van der Waals surface area contributed by atoms with Crippen molar-refractivity contribution < 1.29 is 23.5 Å². The third-order valence-corrected chi connectivity index (χ3v) is 6.40. The maximum atomic E-state index is 14.9. The van der Waals surface area contributed by atoms with Gasteiger partial charge in [0.05, 0.1) is 16.9 Å². The Morgan fingerprint density at radius 3 is 2.83 bits per heavy atom. The largest absolute Gasteiger partial charge is 0.487 e. The lowest BCUT2D eigenvalue weighted by molar-refractivity contribution is -0.132. The minimum absolute atomic E-state index is 0.107. The van der Waals surface area contributed by atoms with Crippen LogP contribution in [0.25, 0.3) is 10.9 Å². The Morgan fingerprint density at radius 1 is 1.18 bits per heavy atom. The molecule has 2 N–H and O–H groups in total. The lowest BCUT2D eigenvalue weighted by atomic mass is 10.1. The number of amides is 2. The van der Waals surface area contributed by atoms with Gasteiger partial charge in [0, 0.05) is 36.3 Å². The number of rotatable bonds is 8. The summed E-state index contributed by atoms with van der Waals surface area (Å²) in [4.78, 5) is 38.7. The van der Waals surface area contributed by atoms with E-state index in [0.717, 1.165) is 16.9 Å². The maximum Gasteiger partial charge on any atom is 0.413 e. The number of hydrogen-bond acceptors (Lipinski definition) is 8. The van der Waals surface area contributed by atoms with Gasteiger partial charge in [-0.15, -0.1) is 0 Å². The van der Waals surface area contributed by atoms with E-state index >= 15 is 0 Å². The number of anilines is 3. The van der Waals surface area contributed by atoms with E-state index in [0.29, 0.717) is 48.5 Å². The Balaban J connectivity index is 1.31. The van der Waals surface area contributed by atoms with Crippen LogP contribution in [0.4, 0.5) is 26.4 Å². The van der Waals surface area contributed by atoms with Gasteiger partial charge >= 0.3 is 6.09 Å². The molecule has 1 fully saturated rings. The smallest absolute Gasteiger partial charge is 0.413 e. The second-order valence-electron chi connectivity index (χ2n) is 9.15. The quantitative estimate of drug-likeness (QED) is 0.281. The monoisotopic (exact) mass is 542 g/mol. The summed E-state index contributed by atoms with van der Waals surface area (Å²) in [6, 6.07) is 13.9. The van der Waals surface area contributed by atoms with Crippen LogP contribution in [-0.4, -0.2) is 44.6 Å². The van der Waals surface area contributed by atoms with Crippen molar-refractivity contribution in [3.05, 3.63) is 90.8 Å². The number of benzene rings is 2. The van der Waals surface area contributed by atoms with Gasteiger partial charge in [-0.05, 0) is 61.4 Å². The topological polar surface area (TPSA) is 119 Å². The number of halogens is 1. The first-order valence-electron chi connectivity index (χ1n) is 12.7. The first-order valence-corrected chi connectivity index (χ1v) is 12.7. The average molecular weight is 543 g/mol. The van der Waals surface area contributed by atoms with Crippen molar-refractivity contribution in [1.82, 2.24) is 19.9 Å². The molecule has 4 aromatic rings. The highest BCUT2D eigenvalue weighted by atomic mass is 19.1. The van der Waals surface area contributed by atoms with Gasteiger partial charge in [-0.1, -0.05) is 12.6 Å². The summed E-state index contributed by atoms with van der Waals surface area (Å²) < 4.78 is 26.2. The molecule has 1 atom stereocenters. The molecular weight excluding hydrogens is 515 g/mol. The Bertz CT molecular complexity index is 1570. The minimum atomic E-state index is -0.879. The maximum absolute atomic E-state index is 14.9. The Morgan fingerprint density at radius 2 is 2.05 bits per heavy atom. The van der Waals surface area contributed by atoms with E-state index in [1.54, 1.807) is 6.20 Å². The molecule has 1 aliphatic heterocycles. The molecule has 2 aromatic heterocycles. The Hall–Kier alpha value is -5.06. The van der Waals surface area contributed by atoms with Crippen LogP contribution in [0.2, 0.25) is 0 Å². The van der Waals surface area contributed by atoms with Crippen molar-refractivity contribution in [1.29, 1.82) is 0 Å². The zero-order valence-electron chi connectivity index (χ0n) is 21.8. The fourth-order valence-corrected chi connectivity index (χ4v) is 4.42. The first kappa shape index (κ1) is 26.5. The SMILES string of the molecule is C=CC(=O)N1CCC[C@@H]1OC(=O)Nc1cc2c(Nc3ccc(OCc4ccccn4)c(C)c3)ncnc2cc1F. The minimum Gasteiger partial charge on any atom is -0.487 e. The van der Waals surface area contributed by atoms with Gasteiger partial charge in [-0.3, -0.25) is 15.1 Å². The zero-order chi connectivity index (χ0) is 28.1. The summed E-state index contributed by atoms with van der Waals surface area (Å²) in [7, 11) is 0. The fraction of sp³-hybridized carbons (Fsp3) is 0.207. The molecule has 10 nitrogen and oxygen atoms in total. The predicted octanol–water partition coefficient (Wildman–Crippen LogP) is 5.48. The van der Waals surface area contributed by atoms with Crippen molar-refractivity contribution in [2.24, 2.45) is 0 Å². The lowest BCUT2D eigenvalue weighted by Crippen LogP contribution is -2.38. The third kappa shape index (κ3) is 5.98. The number of carbonyl (C=O) groups is 2. The highest BCUT2D eigenvalue weighted by molar-refractivity contribution is 5.96. The Labute approximate surface area is 229 Å². The van der Waals surface area contributed by atoms with Gasteiger partial charge in [0.2, 0.25) is 5.91 Å². The normalized spacial score (nSPS) is 14.6. The number of hydrogen-bond donors (Lipinski definition) is 2. The number of aromatic nitrogens is 3.